The number of sulfone groups is 1. The quantitative estimate of drug-likeness (QED) is 0.313. The molecule has 0 aliphatic heterocycles. The van der Waals surface area contributed by atoms with Gasteiger partial charge in [0, 0.05) is 26.4 Å². The molecule has 2 N–H and O–H groups in total. The minimum Gasteiger partial charge on any atom is -0.356 e. The van der Waals surface area contributed by atoms with Crippen LogP contribution in [0, 0.1) is 17.3 Å². The van der Waals surface area contributed by atoms with Gasteiger partial charge in [-0.3, -0.25) is 4.99 Å². The van der Waals surface area contributed by atoms with Crippen molar-refractivity contribution in [1.82, 2.24) is 10.6 Å². The molecule has 1 aliphatic carbocycles. The van der Waals surface area contributed by atoms with E-state index in [-0.39, 0.29) is 35.1 Å². The second-order valence-corrected chi connectivity index (χ2v) is 10.6. The highest BCUT2D eigenvalue weighted by atomic mass is 127. The highest BCUT2D eigenvalue weighted by Gasteiger charge is 2.21. The summed E-state index contributed by atoms with van der Waals surface area (Å²) in [5.74, 6) is 2.75. The van der Waals surface area contributed by atoms with E-state index in [2.05, 4.69) is 36.4 Å². The van der Waals surface area contributed by atoms with E-state index in [0.717, 1.165) is 24.3 Å². The van der Waals surface area contributed by atoms with Crippen molar-refractivity contribution in [2.24, 2.45) is 22.2 Å². The largest absolute Gasteiger partial charge is 0.356 e. The Kier molecular flexibility index (Phi) is 11.6. The number of halogens is 1. The Bertz CT molecular complexity index is 506. The summed E-state index contributed by atoms with van der Waals surface area (Å²) in [6.45, 7) is 8.19. The van der Waals surface area contributed by atoms with E-state index >= 15 is 0 Å². The summed E-state index contributed by atoms with van der Waals surface area (Å²) >= 11 is 0. The molecule has 0 aromatic carbocycles. The van der Waals surface area contributed by atoms with Gasteiger partial charge in [-0.15, -0.1) is 24.0 Å². The molecule has 0 spiro atoms. The molecule has 0 bridgehead atoms. The Balaban J connectivity index is 0.00000576. The standard InChI is InChI=1S/C18H37N3O2S.HI/c1-15-7-6-8-16(13-15)9-11-20-17(19-4)21-14-18(2,3)10-12-24(5,22)23;/h15-16H,6-14H2,1-5H3,(H2,19,20,21);1H. The predicted octanol–water partition coefficient (Wildman–Crippen LogP) is 3.45. The first-order chi connectivity index (χ1) is 11.1. The molecule has 1 rings (SSSR count). The molecule has 1 aliphatic rings. The van der Waals surface area contributed by atoms with Crippen molar-refractivity contribution < 1.29 is 8.42 Å². The van der Waals surface area contributed by atoms with Gasteiger partial charge in [-0.2, -0.15) is 0 Å². The average Bonchev–Trinajstić information content (AvgIpc) is 2.48. The maximum atomic E-state index is 11.3. The fourth-order valence-electron chi connectivity index (χ4n) is 3.31. The van der Waals surface area contributed by atoms with Crippen molar-refractivity contribution in [3.63, 3.8) is 0 Å². The molecular weight excluding hydrogens is 449 g/mol. The zero-order chi connectivity index (χ0) is 18.2. The number of guanidine groups is 1. The Labute approximate surface area is 172 Å². The van der Waals surface area contributed by atoms with Crippen molar-refractivity contribution in [3.8, 4) is 0 Å². The molecule has 0 aromatic rings. The zero-order valence-corrected chi connectivity index (χ0v) is 19.7. The lowest BCUT2D eigenvalue weighted by molar-refractivity contribution is 0.270. The summed E-state index contributed by atoms with van der Waals surface area (Å²) in [7, 11) is -1.13. The second-order valence-electron chi connectivity index (χ2n) is 8.32. The van der Waals surface area contributed by atoms with Gasteiger partial charge in [0.05, 0.1) is 5.75 Å². The van der Waals surface area contributed by atoms with Crippen LogP contribution in [-0.2, 0) is 9.84 Å². The van der Waals surface area contributed by atoms with Gasteiger partial charge >= 0.3 is 0 Å². The Morgan fingerprint density at radius 2 is 1.92 bits per heavy atom. The number of rotatable bonds is 8. The molecule has 1 fully saturated rings. The first-order valence-electron chi connectivity index (χ1n) is 9.23. The van der Waals surface area contributed by atoms with Gasteiger partial charge in [0.1, 0.15) is 9.84 Å². The van der Waals surface area contributed by atoms with Crippen molar-refractivity contribution in [3.05, 3.63) is 0 Å². The molecule has 1 saturated carbocycles. The fraction of sp³-hybridized carbons (Fsp3) is 0.944. The molecule has 2 atom stereocenters. The molecule has 5 nitrogen and oxygen atoms in total. The third-order valence-corrected chi connectivity index (χ3v) is 5.94. The van der Waals surface area contributed by atoms with E-state index in [1.807, 2.05) is 0 Å². The van der Waals surface area contributed by atoms with Gasteiger partial charge in [-0.05, 0) is 36.5 Å². The predicted molar refractivity (Wildman–Crippen MR) is 119 cm³/mol. The molecule has 0 heterocycles. The highest BCUT2D eigenvalue weighted by Crippen LogP contribution is 2.30. The van der Waals surface area contributed by atoms with E-state index < -0.39 is 9.84 Å². The highest BCUT2D eigenvalue weighted by molar-refractivity contribution is 14.0. The molecule has 0 amide bonds. The SMILES string of the molecule is CN=C(NCCC1CCCC(C)C1)NCC(C)(C)CCS(C)(=O)=O.I. The zero-order valence-electron chi connectivity index (χ0n) is 16.6. The Hall–Kier alpha value is -0.0500. The van der Waals surface area contributed by atoms with Crippen molar-refractivity contribution >= 4 is 39.8 Å². The van der Waals surface area contributed by atoms with Gasteiger partial charge in [-0.25, -0.2) is 8.42 Å². The number of aliphatic imine (C=N–C) groups is 1. The molecule has 0 saturated heterocycles. The van der Waals surface area contributed by atoms with Crippen LogP contribution in [0.4, 0.5) is 0 Å². The minimum atomic E-state index is -2.91. The van der Waals surface area contributed by atoms with Crippen LogP contribution in [0.1, 0.15) is 59.3 Å². The maximum Gasteiger partial charge on any atom is 0.190 e. The summed E-state index contributed by atoms with van der Waals surface area (Å²) in [6.07, 6.45) is 8.60. The minimum absolute atomic E-state index is 0. The first kappa shape index (κ1) is 24.9. The molecule has 2 unspecified atom stereocenters. The van der Waals surface area contributed by atoms with Gasteiger partial charge in [-0.1, -0.05) is 40.0 Å². The van der Waals surface area contributed by atoms with Crippen LogP contribution < -0.4 is 10.6 Å². The average molecular weight is 487 g/mol. The first-order valence-corrected chi connectivity index (χ1v) is 11.3. The van der Waals surface area contributed by atoms with E-state index in [9.17, 15) is 8.42 Å². The third-order valence-electron chi connectivity index (χ3n) is 5.00. The van der Waals surface area contributed by atoms with Crippen molar-refractivity contribution in [2.45, 2.75) is 59.3 Å². The third kappa shape index (κ3) is 12.0. The summed E-state index contributed by atoms with van der Waals surface area (Å²) in [6, 6.07) is 0. The lowest BCUT2D eigenvalue weighted by Gasteiger charge is -2.28. The summed E-state index contributed by atoms with van der Waals surface area (Å²) in [5.41, 5.74) is -0.0838. The van der Waals surface area contributed by atoms with Crippen LogP contribution in [0.25, 0.3) is 0 Å². The van der Waals surface area contributed by atoms with Crippen LogP contribution in [-0.4, -0.2) is 46.5 Å². The lowest BCUT2D eigenvalue weighted by atomic mass is 9.81. The maximum absolute atomic E-state index is 11.3. The number of hydrogen-bond acceptors (Lipinski definition) is 3. The second kappa shape index (κ2) is 11.6. The van der Waals surface area contributed by atoms with Crippen LogP contribution in [0.2, 0.25) is 0 Å². The number of hydrogen-bond donors (Lipinski definition) is 2. The van der Waals surface area contributed by atoms with E-state index in [4.69, 9.17) is 0 Å². The van der Waals surface area contributed by atoms with Gasteiger partial charge in [0.15, 0.2) is 5.96 Å². The van der Waals surface area contributed by atoms with E-state index in [1.165, 1.54) is 38.4 Å². The molecule has 0 aromatic heterocycles. The van der Waals surface area contributed by atoms with Gasteiger partial charge < -0.3 is 10.6 Å². The number of nitrogens with one attached hydrogen (secondary N) is 2. The molecule has 150 valence electrons. The van der Waals surface area contributed by atoms with Crippen LogP contribution >= 0.6 is 24.0 Å². The molecule has 25 heavy (non-hydrogen) atoms. The summed E-state index contributed by atoms with van der Waals surface area (Å²) in [4.78, 5) is 4.27. The van der Waals surface area contributed by atoms with Crippen LogP contribution in [0.3, 0.4) is 0 Å². The topological polar surface area (TPSA) is 70.6 Å². The molecular formula is C18H38IN3O2S. The van der Waals surface area contributed by atoms with Crippen molar-refractivity contribution in [1.29, 1.82) is 0 Å². The molecule has 0 radical (unpaired) electrons. The molecule has 7 heteroatoms. The lowest BCUT2D eigenvalue weighted by Crippen LogP contribution is -2.43. The van der Waals surface area contributed by atoms with E-state index in [1.54, 1.807) is 7.05 Å². The monoisotopic (exact) mass is 487 g/mol. The Morgan fingerprint density at radius 1 is 1.24 bits per heavy atom. The van der Waals surface area contributed by atoms with Crippen molar-refractivity contribution in [2.75, 3.05) is 32.1 Å². The fourth-order valence-corrected chi connectivity index (χ4v) is 4.23. The summed E-state index contributed by atoms with van der Waals surface area (Å²) < 4.78 is 22.7. The number of nitrogens with zero attached hydrogens (tertiary/aromatic N) is 1. The Morgan fingerprint density at radius 3 is 2.48 bits per heavy atom. The normalized spacial score (nSPS) is 22.2. The van der Waals surface area contributed by atoms with E-state index in [0.29, 0.717) is 13.0 Å². The van der Waals surface area contributed by atoms with Crippen LogP contribution in [0.15, 0.2) is 4.99 Å². The van der Waals surface area contributed by atoms with Gasteiger partial charge in [0.25, 0.3) is 0 Å². The van der Waals surface area contributed by atoms with Crippen LogP contribution in [0.5, 0.6) is 0 Å². The van der Waals surface area contributed by atoms with Gasteiger partial charge in [0.2, 0.25) is 0 Å². The smallest absolute Gasteiger partial charge is 0.190 e. The summed E-state index contributed by atoms with van der Waals surface area (Å²) in [5, 5.41) is 6.73.